The highest BCUT2D eigenvalue weighted by Crippen LogP contribution is 2.27. The van der Waals surface area contributed by atoms with E-state index in [9.17, 15) is 14.7 Å². The third-order valence-electron chi connectivity index (χ3n) is 4.06. The van der Waals surface area contributed by atoms with Gasteiger partial charge in [-0.3, -0.25) is 4.79 Å². The normalized spacial score (nSPS) is 17.0. The van der Waals surface area contributed by atoms with Gasteiger partial charge >= 0.3 is 5.97 Å². The molecule has 0 aliphatic heterocycles. The smallest absolute Gasteiger partial charge is 0.326 e. The van der Waals surface area contributed by atoms with Crippen LogP contribution in [-0.2, 0) is 16.0 Å². The van der Waals surface area contributed by atoms with E-state index in [0.29, 0.717) is 15.6 Å². The summed E-state index contributed by atoms with van der Waals surface area (Å²) in [6, 6.07) is 3.99. The van der Waals surface area contributed by atoms with E-state index in [-0.39, 0.29) is 18.2 Å². The molecule has 1 atom stereocenters. The molecule has 1 aliphatic rings. The maximum Gasteiger partial charge on any atom is 0.326 e. The second-order valence-corrected chi connectivity index (χ2v) is 6.45. The molecule has 22 heavy (non-hydrogen) atoms. The van der Waals surface area contributed by atoms with Crippen LogP contribution in [0.4, 0.5) is 0 Å². The van der Waals surface area contributed by atoms with Crippen molar-refractivity contribution in [2.75, 3.05) is 0 Å². The standard InChI is InChI=1S/C16H19Cl2NO3/c17-12-7-4-8-13(18)11(12)9-14(16(21)22)19-15(20)10-5-2-1-3-6-10/h4,7-8,10,14H,1-3,5-6,9H2,(H,19,20)(H,21,22)/t14-/m0/s1. The lowest BCUT2D eigenvalue weighted by Crippen LogP contribution is -2.45. The topological polar surface area (TPSA) is 66.4 Å². The second kappa shape index (κ2) is 7.84. The van der Waals surface area contributed by atoms with Crippen LogP contribution in [0, 0.1) is 5.92 Å². The number of halogens is 2. The van der Waals surface area contributed by atoms with Crippen molar-refractivity contribution in [2.24, 2.45) is 5.92 Å². The molecule has 1 aromatic carbocycles. The van der Waals surface area contributed by atoms with Gasteiger partial charge in [-0.25, -0.2) is 4.79 Å². The first-order chi connectivity index (χ1) is 10.5. The number of benzene rings is 1. The fourth-order valence-electron chi connectivity index (χ4n) is 2.79. The fourth-order valence-corrected chi connectivity index (χ4v) is 3.34. The number of hydrogen-bond acceptors (Lipinski definition) is 2. The Kier molecular flexibility index (Phi) is 6.09. The predicted octanol–water partition coefficient (Wildman–Crippen LogP) is 3.69. The number of hydrogen-bond donors (Lipinski definition) is 2. The van der Waals surface area contributed by atoms with Crippen LogP contribution in [0.1, 0.15) is 37.7 Å². The molecule has 1 amide bonds. The van der Waals surface area contributed by atoms with E-state index in [4.69, 9.17) is 23.2 Å². The zero-order valence-electron chi connectivity index (χ0n) is 12.1. The summed E-state index contributed by atoms with van der Waals surface area (Å²) in [5.41, 5.74) is 0.544. The Balaban J connectivity index is 2.07. The maximum atomic E-state index is 12.2. The van der Waals surface area contributed by atoms with Gasteiger partial charge in [-0.1, -0.05) is 48.5 Å². The summed E-state index contributed by atoms with van der Waals surface area (Å²) in [6.07, 6.45) is 4.90. The summed E-state index contributed by atoms with van der Waals surface area (Å²) in [6.45, 7) is 0. The van der Waals surface area contributed by atoms with Gasteiger partial charge in [-0.15, -0.1) is 0 Å². The van der Waals surface area contributed by atoms with Gasteiger partial charge in [0.05, 0.1) is 0 Å². The number of nitrogens with one attached hydrogen (secondary N) is 1. The van der Waals surface area contributed by atoms with Crippen LogP contribution in [0.25, 0.3) is 0 Å². The van der Waals surface area contributed by atoms with Gasteiger partial charge in [0.15, 0.2) is 0 Å². The summed E-state index contributed by atoms with van der Waals surface area (Å²) in [5.74, 6) is -1.35. The monoisotopic (exact) mass is 343 g/mol. The maximum absolute atomic E-state index is 12.2. The molecule has 1 saturated carbocycles. The van der Waals surface area contributed by atoms with Crippen LogP contribution in [0.15, 0.2) is 18.2 Å². The quantitative estimate of drug-likeness (QED) is 0.856. The lowest BCUT2D eigenvalue weighted by Gasteiger charge is -2.23. The number of carbonyl (C=O) groups excluding carboxylic acids is 1. The summed E-state index contributed by atoms with van der Waals surface area (Å²) in [4.78, 5) is 23.7. The highest BCUT2D eigenvalue weighted by molar-refractivity contribution is 6.36. The van der Waals surface area contributed by atoms with Crippen LogP contribution in [-0.4, -0.2) is 23.0 Å². The Morgan fingerprint density at radius 2 is 1.77 bits per heavy atom. The third kappa shape index (κ3) is 4.37. The molecule has 1 fully saturated rings. The zero-order chi connectivity index (χ0) is 16.1. The molecule has 0 aromatic heterocycles. The number of carbonyl (C=O) groups is 2. The van der Waals surface area contributed by atoms with Crippen molar-refractivity contribution in [1.29, 1.82) is 0 Å². The van der Waals surface area contributed by atoms with Crippen molar-refractivity contribution in [3.05, 3.63) is 33.8 Å². The fraction of sp³-hybridized carbons (Fsp3) is 0.500. The van der Waals surface area contributed by atoms with Crippen LogP contribution < -0.4 is 5.32 Å². The van der Waals surface area contributed by atoms with Crippen molar-refractivity contribution in [3.8, 4) is 0 Å². The Bertz CT molecular complexity index is 536. The first kappa shape index (κ1) is 17.1. The van der Waals surface area contributed by atoms with Crippen LogP contribution in [0.5, 0.6) is 0 Å². The Morgan fingerprint density at radius 1 is 1.18 bits per heavy atom. The number of carboxylic acid groups (broad SMARTS) is 1. The van der Waals surface area contributed by atoms with Crippen LogP contribution in [0.3, 0.4) is 0 Å². The highest BCUT2D eigenvalue weighted by Gasteiger charge is 2.27. The largest absolute Gasteiger partial charge is 0.480 e. The molecule has 0 saturated heterocycles. The number of amides is 1. The van der Waals surface area contributed by atoms with Gasteiger partial charge in [-0.05, 0) is 30.5 Å². The van der Waals surface area contributed by atoms with Crippen LogP contribution in [0.2, 0.25) is 10.0 Å². The number of aliphatic carboxylic acids is 1. The average Bonchev–Trinajstić information content (AvgIpc) is 2.50. The number of carboxylic acids is 1. The molecule has 0 spiro atoms. The van der Waals surface area contributed by atoms with Crippen LogP contribution >= 0.6 is 23.2 Å². The van der Waals surface area contributed by atoms with E-state index < -0.39 is 12.0 Å². The minimum atomic E-state index is -1.08. The Morgan fingerprint density at radius 3 is 2.32 bits per heavy atom. The van der Waals surface area contributed by atoms with Crippen molar-refractivity contribution < 1.29 is 14.7 Å². The van der Waals surface area contributed by atoms with Gasteiger partial charge in [-0.2, -0.15) is 0 Å². The van der Waals surface area contributed by atoms with E-state index in [0.717, 1.165) is 32.1 Å². The first-order valence-electron chi connectivity index (χ1n) is 7.45. The molecule has 0 unspecified atom stereocenters. The Hall–Kier alpha value is -1.26. The summed E-state index contributed by atoms with van der Waals surface area (Å²) >= 11 is 12.1. The molecular weight excluding hydrogens is 325 g/mol. The number of rotatable bonds is 5. The molecule has 0 bridgehead atoms. The molecule has 2 rings (SSSR count). The minimum Gasteiger partial charge on any atom is -0.480 e. The highest BCUT2D eigenvalue weighted by atomic mass is 35.5. The molecule has 6 heteroatoms. The molecule has 120 valence electrons. The predicted molar refractivity (Wildman–Crippen MR) is 86.3 cm³/mol. The van der Waals surface area contributed by atoms with Crippen molar-refractivity contribution in [3.63, 3.8) is 0 Å². The summed E-state index contributed by atoms with van der Waals surface area (Å²) in [7, 11) is 0. The van der Waals surface area contributed by atoms with Gasteiger partial charge in [0.25, 0.3) is 0 Å². The Labute approximate surface area is 139 Å². The van der Waals surface area contributed by atoms with E-state index >= 15 is 0 Å². The molecular formula is C16H19Cl2NO3. The first-order valence-corrected chi connectivity index (χ1v) is 8.20. The average molecular weight is 344 g/mol. The zero-order valence-corrected chi connectivity index (χ0v) is 13.7. The molecule has 1 aliphatic carbocycles. The summed E-state index contributed by atoms with van der Waals surface area (Å²) in [5, 5.41) is 12.8. The van der Waals surface area contributed by atoms with Gasteiger partial charge in [0.1, 0.15) is 6.04 Å². The van der Waals surface area contributed by atoms with E-state index in [1.165, 1.54) is 0 Å². The molecule has 4 nitrogen and oxygen atoms in total. The lowest BCUT2D eigenvalue weighted by atomic mass is 9.88. The van der Waals surface area contributed by atoms with E-state index in [1.807, 2.05) is 0 Å². The molecule has 0 radical (unpaired) electrons. The molecule has 0 heterocycles. The third-order valence-corrected chi connectivity index (χ3v) is 4.77. The lowest BCUT2D eigenvalue weighted by molar-refractivity contribution is -0.142. The SMILES string of the molecule is O=C(N[C@@H](Cc1c(Cl)cccc1Cl)C(=O)O)C1CCCCC1. The minimum absolute atomic E-state index is 0.0757. The summed E-state index contributed by atoms with van der Waals surface area (Å²) < 4.78 is 0. The van der Waals surface area contributed by atoms with Gasteiger partial charge < -0.3 is 10.4 Å². The van der Waals surface area contributed by atoms with E-state index in [2.05, 4.69) is 5.32 Å². The van der Waals surface area contributed by atoms with Gasteiger partial charge in [0, 0.05) is 22.4 Å². The van der Waals surface area contributed by atoms with Crippen molar-refractivity contribution in [2.45, 2.75) is 44.6 Å². The van der Waals surface area contributed by atoms with Crippen molar-refractivity contribution in [1.82, 2.24) is 5.32 Å². The van der Waals surface area contributed by atoms with Gasteiger partial charge in [0.2, 0.25) is 5.91 Å². The molecule has 1 aromatic rings. The van der Waals surface area contributed by atoms with Crippen molar-refractivity contribution >= 4 is 35.1 Å². The molecule has 2 N–H and O–H groups in total. The second-order valence-electron chi connectivity index (χ2n) is 5.64. The van der Waals surface area contributed by atoms with E-state index in [1.54, 1.807) is 18.2 Å².